The molecule has 14 heavy (non-hydrogen) atoms. The molecule has 0 atom stereocenters. The van der Waals surface area contributed by atoms with Gasteiger partial charge in [-0.3, -0.25) is 4.68 Å². The molecule has 1 aliphatic rings. The second-order valence-corrected chi connectivity index (χ2v) is 4.39. The van der Waals surface area contributed by atoms with Crippen molar-refractivity contribution in [1.82, 2.24) is 9.78 Å². The largest absolute Gasteiger partial charge is 0.381 e. The molecule has 0 bridgehead atoms. The molecular formula is C9H14BrN3O. The lowest BCUT2D eigenvalue weighted by Gasteiger charge is -2.22. The van der Waals surface area contributed by atoms with Gasteiger partial charge in [-0.15, -0.1) is 0 Å². The van der Waals surface area contributed by atoms with Crippen molar-refractivity contribution in [1.29, 1.82) is 0 Å². The predicted octanol–water partition coefficient (Wildman–Crippen LogP) is 1.66. The molecule has 0 aromatic carbocycles. The molecule has 4 nitrogen and oxygen atoms in total. The highest BCUT2D eigenvalue weighted by Crippen LogP contribution is 2.34. The second kappa shape index (κ2) is 3.90. The lowest BCUT2D eigenvalue weighted by molar-refractivity contribution is 0.0836. The first-order chi connectivity index (χ1) is 6.70. The van der Waals surface area contributed by atoms with Gasteiger partial charge in [-0.1, -0.05) is 0 Å². The molecule has 5 heteroatoms. The number of nitrogen functional groups attached to an aromatic ring is 1. The van der Waals surface area contributed by atoms with Crippen LogP contribution in [0.15, 0.2) is 4.47 Å². The van der Waals surface area contributed by atoms with Gasteiger partial charge < -0.3 is 10.5 Å². The van der Waals surface area contributed by atoms with Gasteiger partial charge in [0.25, 0.3) is 0 Å². The molecule has 0 spiro atoms. The van der Waals surface area contributed by atoms with Gasteiger partial charge in [0, 0.05) is 26.2 Å². The van der Waals surface area contributed by atoms with Crippen LogP contribution in [0.25, 0.3) is 0 Å². The van der Waals surface area contributed by atoms with Gasteiger partial charge >= 0.3 is 0 Å². The van der Waals surface area contributed by atoms with Crippen molar-refractivity contribution < 1.29 is 4.74 Å². The van der Waals surface area contributed by atoms with E-state index in [9.17, 15) is 0 Å². The Labute approximate surface area is 91.5 Å². The number of hydrogen-bond acceptors (Lipinski definition) is 3. The fourth-order valence-corrected chi connectivity index (χ4v) is 2.61. The third-order valence-corrected chi connectivity index (χ3v) is 3.48. The van der Waals surface area contributed by atoms with Crippen LogP contribution in [0, 0.1) is 0 Å². The zero-order chi connectivity index (χ0) is 10.1. The number of ether oxygens (including phenoxy) is 1. The number of aryl methyl sites for hydroxylation is 1. The summed E-state index contributed by atoms with van der Waals surface area (Å²) >= 11 is 3.49. The summed E-state index contributed by atoms with van der Waals surface area (Å²) in [4.78, 5) is 0. The zero-order valence-electron chi connectivity index (χ0n) is 8.16. The molecule has 2 N–H and O–H groups in total. The molecule has 0 aliphatic carbocycles. The molecule has 0 radical (unpaired) electrons. The minimum Gasteiger partial charge on any atom is -0.381 e. The van der Waals surface area contributed by atoms with E-state index in [-0.39, 0.29) is 0 Å². The standard InChI is InChI=1S/C9H14BrN3O/c1-13-8(7(10)9(11)12-13)6-2-4-14-5-3-6/h6H,2-5H2,1H3,(H2,11,12). The van der Waals surface area contributed by atoms with Crippen molar-refractivity contribution in [3.05, 3.63) is 10.2 Å². The first-order valence-corrected chi connectivity index (χ1v) is 5.55. The molecule has 0 saturated carbocycles. The molecule has 1 aromatic rings. The SMILES string of the molecule is Cn1nc(N)c(Br)c1C1CCOCC1. The van der Waals surface area contributed by atoms with Crippen LogP contribution in [0.4, 0.5) is 5.82 Å². The highest BCUT2D eigenvalue weighted by molar-refractivity contribution is 9.10. The number of nitrogens with two attached hydrogens (primary N) is 1. The van der Waals surface area contributed by atoms with Gasteiger partial charge in [0.1, 0.15) is 0 Å². The lowest BCUT2D eigenvalue weighted by atomic mass is 9.96. The summed E-state index contributed by atoms with van der Waals surface area (Å²) in [7, 11) is 1.94. The fraction of sp³-hybridized carbons (Fsp3) is 0.667. The maximum Gasteiger partial charge on any atom is 0.160 e. The van der Waals surface area contributed by atoms with Gasteiger partial charge in [-0.2, -0.15) is 5.10 Å². The van der Waals surface area contributed by atoms with Crippen molar-refractivity contribution >= 4 is 21.7 Å². The van der Waals surface area contributed by atoms with E-state index in [1.807, 2.05) is 11.7 Å². The first-order valence-electron chi connectivity index (χ1n) is 4.75. The van der Waals surface area contributed by atoms with Crippen molar-refractivity contribution in [2.75, 3.05) is 18.9 Å². The van der Waals surface area contributed by atoms with E-state index in [0.717, 1.165) is 30.5 Å². The highest BCUT2D eigenvalue weighted by Gasteiger charge is 2.23. The van der Waals surface area contributed by atoms with Crippen LogP contribution in [0.5, 0.6) is 0 Å². The van der Waals surface area contributed by atoms with Crippen LogP contribution >= 0.6 is 15.9 Å². The quantitative estimate of drug-likeness (QED) is 0.835. The predicted molar refractivity (Wildman–Crippen MR) is 58.1 cm³/mol. The van der Waals surface area contributed by atoms with Crippen molar-refractivity contribution in [2.24, 2.45) is 7.05 Å². The summed E-state index contributed by atoms with van der Waals surface area (Å²) in [6, 6.07) is 0. The summed E-state index contributed by atoms with van der Waals surface area (Å²) in [6.45, 7) is 1.67. The van der Waals surface area contributed by atoms with Crippen LogP contribution in [0.2, 0.25) is 0 Å². The van der Waals surface area contributed by atoms with E-state index in [2.05, 4.69) is 21.0 Å². The third-order valence-electron chi connectivity index (χ3n) is 2.66. The molecule has 2 rings (SSSR count). The fourth-order valence-electron chi connectivity index (χ4n) is 1.95. The second-order valence-electron chi connectivity index (χ2n) is 3.59. The number of rotatable bonds is 1. The van der Waals surface area contributed by atoms with E-state index in [4.69, 9.17) is 10.5 Å². The highest BCUT2D eigenvalue weighted by atomic mass is 79.9. The Kier molecular flexibility index (Phi) is 2.78. The number of halogens is 1. The van der Waals surface area contributed by atoms with Crippen molar-refractivity contribution in [3.63, 3.8) is 0 Å². The third kappa shape index (κ3) is 1.66. The summed E-state index contributed by atoms with van der Waals surface area (Å²) in [5, 5.41) is 4.19. The Bertz CT molecular complexity index is 331. The monoisotopic (exact) mass is 259 g/mol. The van der Waals surface area contributed by atoms with Crippen molar-refractivity contribution in [3.8, 4) is 0 Å². The lowest BCUT2D eigenvalue weighted by Crippen LogP contribution is -2.17. The van der Waals surface area contributed by atoms with Gasteiger partial charge in [0.2, 0.25) is 0 Å². The average Bonchev–Trinajstić information content (AvgIpc) is 2.43. The Morgan fingerprint density at radius 1 is 1.50 bits per heavy atom. The summed E-state index contributed by atoms with van der Waals surface area (Å²) in [5.41, 5.74) is 6.94. The topological polar surface area (TPSA) is 53.1 Å². The number of hydrogen-bond donors (Lipinski definition) is 1. The minimum absolute atomic E-state index is 0.521. The molecule has 0 amide bonds. The van der Waals surface area contributed by atoms with Crippen LogP contribution < -0.4 is 5.73 Å². The molecule has 1 aliphatic heterocycles. The molecule has 1 fully saturated rings. The number of aromatic nitrogens is 2. The molecule has 0 unspecified atom stereocenters. The van der Waals surface area contributed by atoms with Gasteiger partial charge in [-0.25, -0.2) is 0 Å². The van der Waals surface area contributed by atoms with Crippen molar-refractivity contribution in [2.45, 2.75) is 18.8 Å². The Balaban J connectivity index is 2.29. The van der Waals surface area contributed by atoms with Gasteiger partial charge in [0.15, 0.2) is 5.82 Å². The number of nitrogens with zero attached hydrogens (tertiary/aromatic N) is 2. The Hall–Kier alpha value is -0.550. The Morgan fingerprint density at radius 2 is 2.14 bits per heavy atom. The molecular weight excluding hydrogens is 246 g/mol. The van der Waals surface area contributed by atoms with Gasteiger partial charge in [0.05, 0.1) is 10.2 Å². The van der Waals surface area contributed by atoms with Gasteiger partial charge in [-0.05, 0) is 28.8 Å². The zero-order valence-corrected chi connectivity index (χ0v) is 9.75. The van der Waals surface area contributed by atoms with Crippen LogP contribution in [0.1, 0.15) is 24.5 Å². The van der Waals surface area contributed by atoms with E-state index in [0.29, 0.717) is 11.7 Å². The van der Waals surface area contributed by atoms with E-state index >= 15 is 0 Å². The van der Waals surface area contributed by atoms with Crippen LogP contribution in [-0.4, -0.2) is 23.0 Å². The maximum atomic E-state index is 5.74. The molecule has 1 saturated heterocycles. The smallest absolute Gasteiger partial charge is 0.160 e. The normalized spacial score (nSPS) is 18.7. The molecule has 2 heterocycles. The molecule has 78 valence electrons. The first kappa shape index (κ1) is 9.98. The van der Waals surface area contributed by atoms with Crippen LogP contribution in [-0.2, 0) is 11.8 Å². The van der Waals surface area contributed by atoms with E-state index in [1.54, 1.807) is 0 Å². The van der Waals surface area contributed by atoms with E-state index < -0.39 is 0 Å². The van der Waals surface area contributed by atoms with Crippen LogP contribution in [0.3, 0.4) is 0 Å². The van der Waals surface area contributed by atoms with E-state index in [1.165, 1.54) is 5.69 Å². The molecule has 1 aromatic heterocycles. The minimum atomic E-state index is 0.521. The summed E-state index contributed by atoms with van der Waals surface area (Å²) in [5.74, 6) is 1.10. The average molecular weight is 260 g/mol. The summed E-state index contributed by atoms with van der Waals surface area (Å²) < 4.78 is 8.15. The maximum absolute atomic E-state index is 5.74. The number of anilines is 1. The Morgan fingerprint density at radius 3 is 2.64 bits per heavy atom. The summed E-state index contributed by atoms with van der Waals surface area (Å²) in [6.07, 6.45) is 2.11.